The van der Waals surface area contributed by atoms with Gasteiger partial charge in [-0.2, -0.15) is 0 Å². The van der Waals surface area contributed by atoms with Crippen molar-refractivity contribution in [2.24, 2.45) is 5.92 Å². The summed E-state index contributed by atoms with van der Waals surface area (Å²) in [6, 6.07) is 4.86. The fraction of sp³-hybridized carbons (Fsp3) is 0.500. The van der Waals surface area contributed by atoms with E-state index in [-0.39, 0.29) is 17.0 Å². The average Bonchev–Trinajstić information content (AvgIpc) is 2.76. The summed E-state index contributed by atoms with van der Waals surface area (Å²) in [6.45, 7) is 5.36. The number of hydrogen-bond donors (Lipinski definition) is 1. The van der Waals surface area contributed by atoms with Crippen LogP contribution in [0, 0.1) is 5.92 Å². The number of amides is 3. The van der Waals surface area contributed by atoms with Crippen molar-refractivity contribution in [1.82, 2.24) is 10.2 Å². The molecule has 0 saturated carbocycles. The van der Waals surface area contributed by atoms with E-state index in [0.29, 0.717) is 12.3 Å². The molecule has 0 bridgehead atoms. The first-order chi connectivity index (χ1) is 11.9. The molecule has 1 atom stereocenters. The Morgan fingerprint density at radius 3 is 2.27 bits per heavy atom. The fourth-order valence-corrected chi connectivity index (χ4v) is 3.39. The number of urea groups is 1. The smallest absolute Gasteiger partial charge is 0.323 e. The molecule has 1 aliphatic heterocycles. The normalized spacial score (nSPS) is 20.6. The first-order valence-electron chi connectivity index (χ1n) is 8.41. The van der Waals surface area contributed by atoms with Crippen molar-refractivity contribution >= 4 is 27.6 Å². The van der Waals surface area contributed by atoms with Gasteiger partial charge in [-0.1, -0.05) is 26.0 Å². The van der Waals surface area contributed by atoms with Gasteiger partial charge in [0.1, 0.15) is 5.54 Å². The average molecular weight is 380 g/mol. The summed E-state index contributed by atoms with van der Waals surface area (Å²) in [4.78, 5) is 38.2. The van der Waals surface area contributed by atoms with E-state index in [9.17, 15) is 22.8 Å². The molecular weight excluding hydrogens is 356 g/mol. The zero-order valence-corrected chi connectivity index (χ0v) is 16.2. The highest BCUT2D eigenvalue weighted by atomic mass is 32.2. The highest BCUT2D eigenvalue weighted by Gasteiger charge is 2.47. The molecule has 26 heavy (non-hydrogen) atoms. The van der Waals surface area contributed by atoms with Gasteiger partial charge in [0, 0.05) is 11.8 Å². The Balaban J connectivity index is 2.11. The maximum absolute atomic E-state index is 12.6. The van der Waals surface area contributed by atoms with Crippen molar-refractivity contribution in [2.75, 3.05) is 12.8 Å². The molecular formula is C18H24N2O5S. The number of hydrogen-bond acceptors (Lipinski definition) is 5. The summed E-state index contributed by atoms with van der Waals surface area (Å²) < 4.78 is 22.9. The molecule has 0 aliphatic carbocycles. The highest BCUT2D eigenvalue weighted by molar-refractivity contribution is 7.90. The molecule has 1 aromatic rings. The largest absolute Gasteiger partial charge is 0.325 e. The lowest BCUT2D eigenvalue weighted by atomic mass is 9.92. The van der Waals surface area contributed by atoms with Crippen LogP contribution in [0.1, 0.15) is 44.0 Å². The third-order valence-corrected chi connectivity index (χ3v) is 5.60. The number of ketones is 1. The number of carbonyl (C=O) groups excluding carboxylic acids is 3. The molecule has 0 spiro atoms. The van der Waals surface area contributed by atoms with Crippen LogP contribution in [-0.4, -0.2) is 49.4 Å². The van der Waals surface area contributed by atoms with Crippen LogP contribution in [0.25, 0.3) is 0 Å². The van der Waals surface area contributed by atoms with Crippen molar-refractivity contribution in [2.45, 2.75) is 44.0 Å². The molecule has 0 radical (unpaired) electrons. The molecule has 0 unspecified atom stereocenters. The number of nitrogens with zero attached hydrogens (tertiary/aromatic N) is 1. The Morgan fingerprint density at radius 2 is 1.77 bits per heavy atom. The molecule has 0 aromatic heterocycles. The molecule has 1 aromatic carbocycles. The van der Waals surface area contributed by atoms with Crippen LogP contribution in [0.4, 0.5) is 4.79 Å². The minimum Gasteiger partial charge on any atom is -0.323 e. The van der Waals surface area contributed by atoms with Gasteiger partial charge in [0.15, 0.2) is 15.6 Å². The Morgan fingerprint density at radius 1 is 1.19 bits per heavy atom. The molecule has 3 amide bonds. The van der Waals surface area contributed by atoms with Crippen LogP contribution in [0.5, 0.6) is 0 Å². The first-order valence-corrected chi connectivity index (χ1v) is 10.3. The van der Waals surface area contributed by atoms with E-state index in [1.807, 2.05) is 13.8 Å². The molecule has 1 N–H and O–H groups in total. The minimum atomic E-state index is -3.35. The van der Waals surface area contributed by atoms with Crippen molar-refractivity contribution in [1.29, 1.82) is 0 Å². The van der Waals surface area contributed by atoms with E-state index in [2.05, 4.69) is 5.32 Å². The van der Waals surface area contributed by atoms with Gasteiger partial charge in [0.05, 0.1) is 11.4 Å². The van der Waals surface area contributed by atoms with E-state index in [1.54, 1.807) is 6.92 Å². The maximum atomic E-state index is 12.6. The van der Waals surface area contributed by atoms with Crippen LogP contribution in [-0.2, 0) is 14.6 Å². The molecule has 142 valence electrons. The number of carbonyl (C=O) groups is 3. The Labute approximate surface area is 153 Å². The second-order valence-electron chi connectivity index (χ2n) is 7.31. The van der Waals surface area contributed by atoms with Gasteiger partial charge in [-0.15, -0.1) is 0 Å². The molecule has 8 heteroatoms. The summed E-state index contributed by atoms with van der Waals surface area (Å²) in [7, 11) is -3.35. The van der Waals surface area contributed by atoms with Gasteiger partial charge in [-0.05, 0) is 37.8 Å². The summed E-state index contributed by atoms with van der Waals surface area (Å²) in [6.07, 6.45) is 2.36. The molecule has 1 fully saturated rings. The Bertz CT molecular complexity index is 830. The number of imide groups is 1. The van der Waals surface area contributed by atoms with Gasteiger partial charge in [0.2, 0.25) is 0 Å². The number of sulfone groups is 1. The van der Waals surface area contributed by atoms with Gasteiger partial charge in [0.25, 0.3) is 5.91 Å². The van der Waals surface area contributed by atoms with E-state index >= 15 is 0 Å². The third kappa shape index (κ3) is 4.30. The molecule has 2 rings (SSSR count). The van der Waals surface area contributed by atoms with Gasteiger partial charge in [-0.3, -0.25) is 14.5 Å². The minimum absolute atomic E-state index is 0.102. The molecule has 1 aliphatic rings. The zero-order chi connectivity index (χ0) is 19.7. The van der Waals surface area contributed by atoms with Gasteiger partial charge >= 0.3 is 6.03 Å². The standard InChI is InChI=1S/C18H24N2O5S/c1-12(2)9-10-18(3)16(22)20(17(23)19-18)11-15(21)13-5-7-14(8-6-13)26(4,24)25/h5-8,12H,9-11H2,1-4H3,(H,19,23)/t18-/m0/s1. The highest BCUT2D eigenvalue weighted by Crippen LogP contribution is 2.25. The van der Waals surface area contributed by atoms with Crippen LogP contribution < -0.4 is 5.32 Å². The summed E-state index contributed by atoms with van der Waals surface area (Å²) in [5.41, 5.74) is -0.754. The summed E-state index contributed by atoms with van der Waals surface area (Å²) >= 11 is 0. The summed E-state index contributed by atoms with van der Waals surface area (Å²) in [5, 5.41) is 2.68. The Kier molecular flexibility index (Phi) is 5.55. The van der Waals surface area contributed by atoms with Crippen LogP contribution >= 0.6 is 0 Å². The first kappa shape index (κ1) is 20.1. The topological polar surface area (TPSA) is 101 Å². The SMILES string of the molecule is CC(C)CC[C@]1(C)NC(=O)N(CC(=O)c2ccc(S(C)(=O)=O)cc2)C1=O. The van der Waals surface area contributed by atoms with E-state index in [0.717, 1.165) is 17.6 Å². The van der Waals surface area contributed by atoms with Crippen LogP contribution in [0.3, 0.4) is 0 Å². The third-order valence-electron chi connectivity index (χ3n) is 4.47. The van der Waals surface area contributed by atoms with Crippen molar-refractivity contribution in [3.63, 3.8) is 0 Å². The maximum Gasteiger partial charge on any atom is 0.325 e. The zero-order valence-electron chi connectivity index (χ0n) is 15.4. The van der Waals surface area contributed by atoms with Crippen molar-refractivity contribution in [3.8, 4) is 0 Å². The van der Waals surface area contributed by atoms with E-state index < -0.39 is 33.1 Å². The number of benzene rings is 1. The van der Waals surface area contributed by atoms with E-state index in [1.165, 1.54) is 24.3 Å². The molecule has 7 nitrogen and oxygen atoms in total. The number of nitrogens with one attached hydrogen (secondary N) is 1. The molecule has 1 heterocycles. The van der Waals surface area contributed by atoms with Gasteiger partial charge < -0.3 is 5.32 Å². The van der Waals surface area contributed by atoms with Crippen molar-refractivity contribution in [3.05, 3.63) is 29.8 Å². The lowest BCUT2D eigenvalue weighted by Crippen LogP contribution is -2.44. The van der Waals surface area contributed by atoms with Crippen LogP contribution in [0.15, 0.2) is 29.2 Å². The van der Waals surface area contributed by atoms with Crippen LogP contribution in [0.2, 0.25) is 0 Å². The monoisotopic (exact) mass is 380 g/mol. The summed E-state index contributed by atoms with van der Waals surface area (Å²) in [5.74, 6) is -0.452. The fourth-order valence-electron chi connectivity index (χ4n) is 2.76. The lowest BCUT2D eigenvalue weighted by molar-refractivity contribution is -0.130. The van der Waals surface area contributed by atoms with Gasteiger partial charge in [-0.25, -0.2) is 13.2 Å². The van der Waals surface area contributed by atoms with Crippen molar-refractivity contribution < 1.29 is 22.8 Å². The number of Topliss-reactive ketones (excluding diaryl/α,β-unsaturated/α-hetero) is 1. The second-order valence-corrected chi connectivity index (χ2v) is 9.32. The van der Waals surface area contributed by atoms with E-state index in [4.69, 9.17) is 0 Å². The predicted octanol–water partition coefficient (Wildman–Crippen LogP) is 2.02. The molecule has 1 saturated heterocycles. The lowest BCUT2D eigenvalue weighted by Gasteiger charge is -2.22. The second kappa shape index (κ2) is 7.19. The quantitative estimate of drug-likeness (QED) is 0.576. The number of rotatable bonds is 7. The Hall–Kier alpha value is -2.22. The predicted molar refractivity (Wildman–Crippen MR) is 96.6 cm³/mol.